The van der Waals surface area contributed by atoms with Gasteiger partial charge in [0.05, 0.1) is 12.7 Å². The smallest absolute Gasteiger partial charge is 0.366 e. The molecule has 0 atom stereocenters. The van der Waals surface area contributed by atoms with E-state index in [4.69, 9.17) is 16.3 Å². The molecule has 1 N–H and O–H groups in total. The second-order valence-electron chi connectivity index (χ2n) is 6.54. The first-order chi connectivity index (χ1) is 12.6. The largest absolute Gasteiger partial charge is 1.00 e. The monoisotopic (exact) mass is 409 g/mol. The Hall–Kier alpha value is -1.82. The van der Waals surface area contributed by atoms with Crippen LogP contribution in [0.5, 0.6) is 5.88 Å². The molecule has 0 unspecified atom stereocenters. The van der Waals surface area contributed by atoms with E-state index in [-0.39, 0.29) is 18.3 Å². The van der Waals surface area contributed by atoms with Crippen LogP contribution in [0.4, 0.5) is 0 Å². The Morgan fingerprint density at radius 3 is 2.48 bits per heavy atom. The number of H-pyrrole nitrogens is 1. The maximum atomic E-state index is 12.5. The van der Waals surface area contributed by atoms with Crippen molar-refractivity contribution in [2.24, 2.45) is 0 Å². The van der Waals surface area contributed by atoms with Gasteiger partial charge in [0.15, 0.2) is 5.69 Å². The molecule has 1 aromatic carbocycles. The van der Waals surface area contributed by atoms with E-state index >= 15 is 0 Å². The Bertz CT molecular complexity index is 732. The molecule has 0 spiro atoms. The number of pyridine rings is 1. The number of aryl methyl sites for hydroxylation is 1. The number of aromatic nitrogens is 1. The van der Waals surface area contributed by atoms with Crippen LogP contribution in [-0.4, -0.2) is 55.0 Å². The molecule has 2 heterocycles. The fourth-order valence-electron chi connectivity index (χ4n) is 3.06. The average molecular weight is 410 g/mol. The fourth-order valence-corrected chi connectivity index (χ4v) is 3.19. The van der Waals surface area contributed by atoms with Crippen LogP contribution in [0.3, 0.4) is 0 Å². The number of rotatable bonds is 6. The summed E-state index contributed by atoms with van der Waals surface area (Å²) < 4.78 is 5.75. The lowest BCUT2D eigenvalue weighted by Gasteiger charge is -2.34. The fraction of sp³-hybridized carbons (Fsp3) is 0.400. The molecular weight excluding hydrogens is 385 g/mol. The zero-order chi connectivity index (χ0) is 18.4. The average Bonchev–Trinajstić information content (AvgIpc) is 2.66. The van der Waals surface area contributed by atoms with Gasteiger partial charge in [-0.15, -0.1) is 0 Å². The van der Waals surface area contributed by atoms with Gasteiger partial charge < -0.3 is 22.0 Å². The number of benzene rings is 1. The Kier molecular flexibility index (Phi) is 8.35. The van der Waals surface area contributed by atoms with Gasteiger partial charge in [0, 0.05) is 56.3 Å². The number of nitrogens with zero attached hydrogens (tertiary/aromatic N) is 2. The molecule has 1 saturated heterocycles. The molecular formula is C20H25Cl2N3O2. The second-order valence-corrected chi connectivity index (χ2v) is 6.98. The number of carbonyl (C=O) groups is 1. The van der Waals surface area contributed by atoms with E-state index in [9.17, 15) is 4.79 Å². The minimum atomic E-state index is 0. The lowest BCUT2D eigenvalue weighted by atomic mass is 10.2. The third-order valence-electron chi connectivity index (χ3n) is 4.54. The van der Waals surface area contributed by atoms with E-state index in [1.807, 2.05) is 30.0 Å². The highest BCUT2D eigenvalue weighted by molar-refractivity contribution is 6.30. The highest BCUT2D eigenvalue weighted by Gasteiger charge is 2.21. The van der Waals surface area contributed by atoms with E-state index in [0.717, 1.165) is 50.7 Å². The van der Waals surface area contributed by atoms with Crippen molar-refractivity contribution < 1.29 is 26.9 Å². The van der Waals surface area contributed by atoms with E-state index in [1.54, 1.807) is 24.3 Å². The molecule has 0 aliphatic carbocycles. The van der Waals surface area contributed by atoms with Crippen molar-refractivity contribution >= 4 is 17.5 Å². The summed E-state index contributed by atoms with van der Waals surface area (Å²) in [6, 6.07) is 13.0. The van der Waals surface area contributed by atoms with E-state index in [2.05, 4.69) is 9.88 Å². The number of aromatic amines is 1. The first-order valence-corrected chi connectivity index (χ1v) is 9.38. The van der Waals surface area contributed by atoms with Crippen molar-refractivity contribution in [2.45, 2.75) is 13.3 Å². The molecule has 0 bridgehead atoms. The predicted molar refractivity (Wildman–Crippen MR) is 102 cm³/mol. The van der Waals surface area contributed by atoms with Crippen LogP contribution in [0.1, 0.15) is 22.5 Å². The first-order valence-electron chi connectivity index (χ1n) is 9.01. The van der Waals surface area contributed by atoms with Gasteiger partial charge in [-0.25, -0.2) is 0 Å². The van der Waals surface area contributed by atoms with Crippen LogP contribution >= 0.6 is 11.6 Å². The molecule has 5 nitrogen and oxygen atoms in total. The number of amides is 1. The van der Waals surface area contributed by atoms with Gasteiger partial charge in [-0.05, 0) is 36.8 Å². The standard InChI is InChI=1S/C20H24ClN3O2.ClH/c1-16-4-2-5-19(22-16)26-15-3-10-23-11-13-24(14-12-23)20(25)17-6-8-18(21)9-7-17;/h2,4-9H,3,10-15H2,1H3;1H. The number of ether oxygens (including phenoxy) is 1. The Morgan fingerprint density at radius 2 is 1.81 bits per heavy atom. The topological polar surface area (TPSA) is 46.9 Å². The molecule has 1 aromatic heterocycles. The molecule has 1 aliphatic heterocycles. The summed E-state index contributed by atoms with van der Waals surface area (Å²) in [6.07, 6.45) is 0.965. The van der Waals surface area contributed by atoms with Gasteiger partial charge in [0.1, 0.15) is 0 Å². The number of carbonyl (C=O) groups excluding carboxylic acids is 1. The van der Waals surface area contributed by atoms with Crippen molar-refractivity contribution in [1.29, 1.82) is 0 Å². The van der Waals surface area contributed by atoms with E-state index in [1.165, 1.54) is 0 Å². The molecule has 2 aromatic rings. The van der Waals surface area contributed by atoms with Gasteiger partial charge in [-0.1, -0.05) is 11.6 Å². The normalized spacial score (nSPS) is 14.5. The van der Waals surface area contributed by atoms with Crippen molar-refractivity contribution in [3.63, 3.8) is 0 Å². The number of piperazine rings is 1. The third kappa shape index (κ3) is 6.38. The molecule has 1 aliphatic rings. The Morgan fingerprint density at radius 1 is 1.11 bits per heavy atom. The van der Waals surface area contributed by atoms with Crippen LogP contribution < -0.4 is 22.1 Å². The predicted octanol–water partition coefficient (Wildman–Crippen LogP) is -0.307. The molecule has 0 radical (unpaired) electrons. The quantitative estimate of drug-likeness (QED) is 0.615. The number of nitrogens with one attached hydrogen (secondary N) is 1. The maximum absolute atomic E-state index is 12.5. The summed E-state index contributed by atoms with van der Waals surface area (Å²) in [5, 5.41) is 0.650. The van der Waals surface area contributed by atoms with Crippen LogP contribution in [0.2, 0.25) is 5.02 Å². The minimum Gasteiger partial charge on any atom is -1.00 e. The molecule has 146 valence electrons. The van der Waals surface area contributed by atoms with Crippen LogP contribution in [0.15, 0.2) is 42.5 Å². The van der Waals surface area contributed by atoms with Crippen molar-refractivity contribution in [3.8, 4) is 5.88 Å². The lowest BCUT2D eigenvalue weighted by molar-refractivity contribution is -0.403. The Labute approximate surface area is 171 Å². The van der Waals surface area contributed by atoms with Crippen molar-refractivity contribution in [1.82, 2.24) is 9.80 Å². The van der Waals surface area contributed by atoms with E-state index in [0.29, 0.717) is 17.2 Å². The van der Waals surface area contributed by atoms with Gasteiger partial charge >= 0.3 is 5.88 Å². The van der Waals surface area contributed by atoms with E-state index < -0.39 is 0 Å². The summed E-state index contributed by atoms with van der Waals surface area (Å²) in [5.41, 5.74) is 1.79. The number of hydrogen-bond donors (Lipinski definition) is 0. The lowest BCUT2D eigenvalue weighted by Crippen LogP contribution is -3.00. The molecule has 27 heavy (non-hydrogen) atoms. The van der Waals surface area contributed by atoms with Crippen LogP contribution in [0.25, 0.3) is 0 Å². The zero-order valence-electron chi connectivity index (χ0n) is 15.5. The summed E-state index contributed by atoms with van der Waals surface area (Å²) in [5.74, 6) is 0.892. The molecule has 3 rings (SSSR count). The van der Waals surface area contributed by atoms with Crippen molar-refractivity contribution in [3.05, 3.63) is 58.7 Å². The summed E-state index contributed by atoms with van der Waals surface area (Å²) in [4.78, 5) is 20.0. The highest BCUT2D eigenvalue weighted by atomic mass is 35.5. The van der Waals surface area contributed by atoms with Crippen LogP contribution in [0, 0.1) is 6.92 Å². The Balaban J connectivity index is 0.00000261. The summed E-state index contributed by atoms with van der Waals surface area (Å²) in [7, 11) is 0. The molecule has 0 saturated carbocycles. The van der Waals surface area contributed by atoms with Crippen molar-refractivity contribution in [2.75, 3.05) is 39.3 Å². The molecule has 1 fully saturated rings. The third-order valence-corrected chi connectivity index (χ3v) is 4.79. The second kappa shape index (κ2) is 10.5. The molecule has 1 amide bonds. The maximum Gasteiger partial charge on any atom is 0.366 e. The SMILES string of the molecule is Cc1cccc(OCCCN2CCN(C(=O)c3ccc(Cl)cc3)CC2)[nH+]1.[Cl-]. The number of halogens is 2. The van der Waals surface area contributed by atoms with Gasteiger partial charge in [-0.2, -0.15) is 4.98 Å². The summed E-state index contributed by atoms with van der Waals surface area (Å²) >= 11 is 5.88. The minimum absolute atomic E-state index is 0. The molecule has 7 heteroatoms. The first kappa shape index (κ1) is 21.5. The summed E-state index contributed by atoms with van der Waals surface area (Å²) in [6.45, 7) is 6.99. The number of hydrogen-bond acceptors (Lipinski definition) is 3. The van der Waals surface area contributed by atoms with Gasteiger partial charge in [-0.3, -0.25) is 9.69 Å². The highest BCUT2D eigenvalue weighted by Crippen LogP contribution is 2.13. The van der Waals surface area contributed by atoms with Gasteiger partial charge in [0.25, 0.3) is 5.91 Å². The van der Waals surface area contributed by atoms with Gasteiger partial charge in [0.2, 0.25) is 0 Å². The van der Waals surface area contributed by atoms with Crippen LogP contribution in [-0.2, 0) is 0 Å². The zero-order valence-corrected chi connectivity index (χ0v) is 17.0.